The van der Waals surface area contributed by atoms with Crippen LogP contribution in [0.15, 0.2) is 36.5 Å². The molecule has 74 valence electrons. The van der Waals surface area contributed by atoms with Crippen LogP contribution in [0.4, 0.5) is 5.69 Å². The van der Waals surface area contributed by atoms with Gasteiger partial charge in [-0.05, 0) is 12.1 Å². The zero-order valence-corrected chi connectivity index (χ0v) is 8.78. The third kappa shape index (κ3) is 1.29. The van der Waals surface area contributed by atoms with Crippen molar-refractivity contribution in [2.45, 2.75) is 0 Å². The highest BCUT2D eigenvalue weighted by atomic mass is 35.5. The fraction of sp³-hybridized carbons (Fsp3) is 0.0833. The minimum atomic E-state index is 0.743. The van der Waals surface area contributed by atoms with Gasteiger partial charge in [0.25, 0.3) is 0 Å². The van der Waals surface area contributed by atoms with E-state index in [9.17, 15) is 0 Å². The number of hydrogen-bond donors (Lipinski definition) is 0. The molecule has 1 aromatic carbocycles. The number of fused-ring (bicyclic) bond motifs is 3. The Balaban J connectivity index is 2.39. The SMILES string of the molecule is ClN1CC=Cc2c1ccc1cccnc21. The number of halogens is 1. The zero-order chi connectivity index (χ0) is 10.3. The normalized spacial score (nSPS) is 14.3. The first kappa shape index (κ1) is 8.74. The molecule has 3 rings (SSSR count). The highest BCUT2D eigenvalue weighted by Gasteiger charge is 2.13. The molecular weight excluding hydrogens is 208 g/mol. The summed E-state index contributed by atoms with van der Waals surface area (Å²) in [7, 11) is 0. The van der Waals surface area contributed by atoms with E-state index in [1.807, 2.05) is 24.4 Å². The van der Waals surface area contributed by atoms with E-state index < -0.39 is 0 Å². The molecular formula is C12H9ClN2. The third-order valence-electron chi connectivity index (χ3n) is 2.60. The summed E-state index contributed by atoms with van der Waals surface area (Å²) in [5, 5.41) is 1.15. The number of pyridine rings is 1. The summed E-state index contributed by atoms with van der Waals surface area (Å²) >= 11 is 6.10. The van der Waals surface area contributed by atoms with Gasteiger partial charge in [0.05, 0.1) is 17.7 Å². The van der Waals surface area contributed by atoms with Crippen LogP contribution in [0.2, 0.25) is 0 Å². The first-order valence-corrected chi connectivity index (χ1v) is 5.18. The van der Waals surface area contributed by atoms with Gasteiger partial charge in [-0.2, -0.15) is 0 Å². The van der Waals surface area contributed by atoms with Gasteiger partial charge in [0, 0.05) is 28.9 Å². The van der Waals surface area contributed by atoms with Gasteiger partial charge in [-0.1, -0.05) is 24.3 Å². The monoisotopic (exact) mass is 216 g/mol. The van der Waals surface area contributed by atoms with E-state index in [1.165, 1.54) is 0 Å². The molecule has 15 heavy (non-hydrogen) atoms. The maximum Gasteiger partial charge on any atom is 0.0795 e. The lowest BCUT2D eigenvalue weighted by molar-refractivity contribution is 1.18. The molecule has 2 heterocycles. The van der Waals surface area contributed by atoms with Crippen LogP contribution >= 0.6 is 11.8 Å². The molecule has 2 aromatic rings. The Bertz CT molecular complexity index is 548. The molecule has 0 bridgehead atoms. The van der Waals surface area contributed by atoms with Crippen molar-refractivity contribution in [3.63, 3.8) is 0 Å². The van der Waals surface area contributed by atoms with Crippen molar-refractivity contribution in [2.24, 2.45) is 0 Å². The van der Waals surface area contributed by atoms with E-state index in [1.54, 1.807) is 4.42 Å². The average Bonchev–Trinajstić information content (AvgIpc) is 2.29. The first-order chi connectivity index (χ1) is 7.36. The second kappa shape index (κ2) is 3.24. The van der Waals surface area contributed by atoms with Crippen molar-refractivity contribution >= 4 is 34.4 Å². The predicted molar refractivity (Wildman–Crippen MR) is 64.0 cm³/mol. The Labute approximate surface area is 92.9 Å². The second-order valence-corrected chi connectivity index (χ2v) is 3.93. The minimum Gasteiger partial charge on any atom is -0.281 e. The lowest BCUT2D eigenvalue weighted by Crippen LogP contribution is -2.14. The molecule has 0 fully saturated rings. The number of aromatic nitrogens is 1. The Morgan fingerprint density at radius 2 is 2.20 bits per heavy atom. The first-order valence-electron chi connectivity index (χ1n) is 4.84. The second-order valence-electron chi connectivity index (χ2n) is 3.52. The highest BCUT2D eigenvalue weighted by molar-refractivity contribution is 6.27. The smallest absolute Gasteiger partial charge is 0.0795 e. The molecule has 1 aliphatic heterocycles. The van der Waals surface area contributed by atoms with Crippen LogP contribution in [0.1, 0.15) is 5.56 Å². The Morgan fingerprint density at radius 1 is 1.27 bits per heavy atom. The number of nitrogens with zero attached hydrogens (tertiary/aromatic N) is 2. The molecule has 2 nitrogen and oxygen atoms in total. The van der Waals surface area contributed by atoms with Crippen LogP contribution in [-0.4, -0.2) is 11.5 Å². The molecule has 0 N–H and O–H groups in total. The van der Waals surface area contributed by atoms with Gasteiger partial charge >= 0.3 is 0 Å². The molecule has 0 spiro atoms. The van der Waals surface area contributed by atoms with Gasteiger partial charge in [-0.3, -0.25) is 9.40 Å². The topological polar surface area (TPSA) is 16.1 Å². The Hall–Kier alpha value is -1.54. The van der Waals surface area contributed by atoms with Crippen molar-refractivity contribution in [1.82, 2.24) is 4.98 Å². The van der Waals surface area contributed by atoms with Crippen molar-refractivity contribution in [1.29, 1.82) is 0 Å². The molecule has 0 saturated heterocycles. The molecule has 0 aliphatic carbocycles. The maximum atomic E-state index is 6.10. The summed E-state index contributed by atoms with van der Waals surface area (Å²) in [6.45, 7) is 0.743. The standard InChI is InChI=1S/C12H9ClN2/c13-15-8-2-4-10-11(15)6-5-9-3-1-7-14-12(9)10/h1-7H,8H2. The summed E-state index contributed by atoms with van der Waals surface area (Å²) < 4.78 is 1.71. The van der Waals surface area contributed by atoms with Crippen molar-refractivity contribution < 1.29 is 0 Å². The van der Waals surface area contributed by atoms with Gasteiger partial charge in [0.15, 0.2) is 0 Å². The number of rotatable bonds is 0. The lowest BCUT2D eigenvalue weighted by atomic mass is 10.0. The molecule has 0 radical (unpaired) electrons. The third-order valence-corrected chi connectivity index (χ3v) is 2.92. The van der Waals surface area contributed by atoms with Crippen LogP contribution in [-0.2, 0) is 0 Å². The summed E-state index contributed by atoms with van der Waals surface area (Å²) in [5.41, 5.74) is 3.15. The molecule has 1 aromatic heterocycles. The lowest BCUT2D eigenvalue weighted by Gasteiger charge is -2.21. The van der Waals surface area contributed by atoms with E-state index in [0.717, 1.165) is 28.7 Å². The fourth-order valence-corrected chi connectivity index (χ4v) is 2.12. The zero-order valence-electron chi connectivity index (χ0n) is 8.02. The summed E-state index contributed by atoms with van der Waals surface area (Å²) in [6.07, 6.45) is 5.94. The highest BCUT2D eigenvalue weighted by Crippen LogP contribution is 2.32. The fourth-order valence-electron chi connectivity index (χ4n) is 1.89. The number of anilines is 1. The summed E-state index contributed by atoms with van der Waals surface area (Å²) in [6, 6.07) is 8.09. The number of benzene rings is 1. The molecule has 0 unspecified atom stereocenters. The van der Waals surface area contributed by atoms with E-state index in [4.69, 9.17) is 11.8 Å². The molecule has 1 aliphatic rings. The van der Waals surface area contributed by atoms with Crippen LogP contribution < -0.4 is 4.42 Å². The van der Waals surface area contributed by atoms with E-state index in [-0.39, 0.29) is 0 Å². The van der Waals surface area contributed by atoms with Gasteiger partial charge < -0.3 is 0 Å². The van der Waals surface area contributed by atoms with E-state index in [0.29, 0.717) is 0 Å². The van der Waals surface area contributed by atoms with Crippen LogP contribution in [0.5, 0.6) is 0 Å². The van der Waals surface area contributed by atoms with Gasteiger partial charge in [0.2, 0.25) is 0 Å². The van der Waals surface area contributed by atoms with Gasteiger partial charge in [-0.15, -0.1) is 0 Å². The van der Waals surface area contributed by atoms with Crippen LogP contribution in [0, 0.1) is 0 Å². The quantitative estimate of drug-likeness (QED) is 0.629. The summed E-state index contributed by atoms with van der Waals surface area (Å²) in [4.78, 5) is 4.39. The Morgan fingerprint density at radius 3 is 3.13 bits per heavy atom. The van der Waals surface area contributed by atoms with Crippen LogP contribution in [0.3, 0.4) is 0 Å². The van der Waals surface area contributed by atoms with E-state index in [2.05, 4.69) is 23.2 Å². The maximum absolute atomic E-state index is 6.10. The Kier molecular flexibility index (Phi) is 1.89. The van der Waals surface area contributed by atoms with Crippen molar-refractivity contribution in [3.8, 4) is 0 Å². The average molecular weight is 217 g/mol. The molecule has 3 heteroatoms. The minimum absolute atomic E-state index is 0.743. The summed E-state index contributed by atoms with van der Waals surface area (Å²) in [5.74, 6) is 0. The van der Waals surface area contributed by atoms with Gasteiger partial charge in [-0.25, -0.2) is 0 Å². The van der Waals surface area contributed by atoms with Crippen LogP contribution in [0.25, 0.3) is 17.0 Å². The number of hydrogen-bond acceptors (Lipinski definition) is 2. The van der Waals surface area contributed by atoms with E-state index >= 15 is 0 Å². The molecule has 0 amide bonds. The van der Waals surface area contributed by atoms with Crippen molar-refractivity contribution in [3.05, 3.63) is 42.1 Å². The largest absolute Gasteiger partial charge is 0.281 e. The molecule has 0 atom stereocenters. The van der Waals surface area contributed by atoms with Gasteiger partial charge in [0.1, 0.15) is 0 Å². The molecule has 0 saturated carbocycles. The predicted octanol–water partition coefficient (Wildman–Crippen LogP) is 3.22. The van der Waals surface area contributed by atoms with Crippen molar-refractivity contribution in [2.75, 3.05) is 11.0 Å².